The van der Waals surface area contributed by atoms with Gasteiger partial charge in [0.05, 0.1) is 7.05 Å². The molecule has 6 nitrogen and oxygen atoms in total. The smallest absolute Gasteiger partial charge is 0.406 e. The third-order valence-corrected chi connectivity index (χ3v) is 4.01. The number of amides is 1. The summed E-state index contributed by atoms with van der Waals surface area (Å²) in [4.78, 5) is 12.2. The summed E-state index contributed by atoms with van der Waals surface area (Å²) >= 11 is 0. The van der Waals surface area contributed by atoms with Crippen LogP contribution in [-0.2, 0) is 11.8 Å². The van der Waals surface area contributed by atoms with Crippen molar-refractivity contribution in [3.05, 3.63) is 72.1 Å². The molecule has 0 aliphatic rings. The summed E-state index contributed by atoms with van der Waals surface area (Å²) in [5.41, 5.74) is 3.99. The maximum atomic E-state index is 14.6. The average Bonchev–Trinajstić information content (AvgIpc) is 3.06. The lowest BCUT2D eigenvalue weighted by Gasteiger charge is -2.10. The number of nitrogens with one attached hydrogen (secondary N) is 1. The van der Waals surface area contributed by atoms with E-state index in [1.165, 1.54) is 46.0 Å². The molecule has 0 fully saturated rings. The van der Waals surface area contributed by atoms with Crippen LogP contribution in [0.4, 0.5) is 17.6 Å². The van der Waals surface area contributed by atoms with Crippen LogP contribution in [0.1, 0.15) is 12.5 Å². The average molecular weight is 421 g/mol. The first kappa shape index (κ1) is 21.0. The highest BCUT2D eigenvalue weighted by molar-refractivity contribution is 6.01. The van der Waals surface area contributed by atoms with Gasteiger partial charge < -0.3 is 4.74 Å². The minimum absolute atomic E-state index is 0.207. The summed E-state index contributed by atoms with van der Waals surface area (Å²) in [5, 5.41) is 3.92. The van der Waals surface area contributed by atoms with Gasteiger partial charge in [0.15, 0.2) is 0 Å². The third kappa shape index (κ3) is 5.43. The lowest BCUT2D eigenvalue weighted by atomic mass is 10.0. The molecule has 30 heavy (non-hydrogen) atoms. The van der Waals surface area contributed by atoms with Crippen molar-refractivity contribution in [3.8, 4) is 16.9 Å². The molecule has 156 valence electrons. The zero-order chi connectivity index (χ0) is 21.9. The molecular weight excluding hydrogens is 404 g/mol. The maximum absolute atomic E-state index is 14.6. The largest absolute Gasteiger partial charge is 0.573 e. The van der Waals surface area contributed by atoms with E-state index >= 15 is 0 Å². The van der Waals surface area contributed by atoms with Crippen LogP contribution < -0.4 is 14.8 Å². The first-order valence-corrected chi connectivity index (χ1v) is 8.66. The van der Waals surface area contributed by atoms with Crippen LogP contribution in [0.15, 0.2) is 60.7 Å². The summed E-state index contributed by atoms with van der Waals surface area (Å²) in [6.45, 7) is 1.58. The van der Waals surface area contributed by atoms with Crippen molar-refractivity contribution in [3.63, 3.8) is 0 Å². The van der Waals surface area contributed by atoms with Crippen molar-refractivity contribution in [1.29, 1.82) is 0 Å². The topological polar surface area (TPSA) is 60.0 Å². The molecule has 0 spiro atoms. The summed E-state index contributed by atoms with van der Waals surface area (Å²) in [7, 11) is 1.70. The predicted molar refractivity (Wildman–Crippen MR) is 99.9 cm³/mol. The molecule has 0 aliphatic heterocycles. The summed E-state index contributed by atoms with van der Waals surface area (Å²) in [5.74, 6) is -1.36. The Labute approximate surface area is 169 Å². The first-order valence-electron chi connectivity index (χ1n) is 8.66. The molecule has 2 aromatic carbocycles. The normalized spacial score (nSPS) is 12.0. The van der Waals surface area contributed by atoms with E-state index in [1.807, 2.05) is 0 Å². The Morgan fingerprint density at radius 1 is 1.20 bits per heavy atom. The zero-order valence-corrected chi connectivity index (χ0v) is 15.9. The number of carbonyl (C=O) groups is 1. The van der Waals surface area contributed by atoms with Gasteiger partial charge >= 0.3 is 6.36 Å². The molecule has 0 atom stereocenters. The highest BCUT2D eigenvalue weighted by atomic mass is 19.4. The van der Waals surface area contributed by atoms with Gasteiger partial charge in [0.25, 0.3) is 12.2 Å². The van der Waals surface area contributed by atoms with Crippen LogP contribution in [0, 0.1) is 5.82 Å². The number of rotatable bonds is 5. The Hall–Kier alpha value is -3.69. The number of hydrogen-bond acceptors (Lipinski definition) is 3. The quantitative estimate of drug-likeness (QED) is 0.389. The van der Waals surface area contributed by atoms with Gasteiger partial charge in [-0.05, 0) is 42.3 Å². The van der Waals surface area contributed by atoms with E-state index in [1.54, 1.807) is 26.4 Å². The fraction of sp³-hybridized carbons (Fsp3) is 0.150. The van der Waals surface area contributed by atoms with Crippen LogP contribution in [0.25, 0.3) is 17.2 Å². The van der Waals surface area contributed by atoms with E-state index in [2.05, 4.69) is 15.3 Å². The number of nitrogens with zero attached hydrogens (tertiary/aromatic N) is 3. The van der Waals surface area contributed by atoms with Gasteiger partial charge in [0.1, 0.15) is 11.6 Å². The van der Waals surface area contributed by atoms with Crippen molar-refractivity contribution < 1.29 is 31.8 Å². The number of alkyl halides is 3. The van der Waals surface area contributed by atoms with Crippen molar-refractivity contribution in [2.24, 2.45) is 7.05 Å². The molecule has 1 amide bonds. The number of aryl methyl sites for hydroxylation is 1. The van der Waals surface area contributed by atoms with Gasteiger partial charge in [-0.2, -0.15) is 0 Å². The van der Waals surface area contributed by atoms with Gasteiger partial charge in [0.2, 0.25) is 6.33 Å². The van der Waals surface area contributed by atoms with Crippen LogP contribution >= 0.6 is 0 Å². The number of ether oxygens (including phenoxy) is 1. The summed E-state index contributed by atoms with van der Waals surface area (Å²) < 4.78 is 58.0. The molecule has 10 heteroatoms. The van der Waals surface area contributed by atoms with Gasteiger partial charge in [-0.3, -0.25) is 4.79 Å². The number of benzene rings is 2. The number of carbonyl (C=O) groups excluding carboxylic acids is 1. The number of aromatic nitrogens is 3. The number of halogens is 4. The SMILES string of the molecule is C/C(=C\c1ccc(-c2ccc(OC(F)(F)F)cc2)c(F)c1)C(=O)N[n+]1cnn(C)c1. The lowest BCUT2D eigenvalue weighted by Crippen LogP contribution is -2.47. The fourth-order valence-corrected chi connectivity index (χ4v) is 2.65. The predicted octanol–water partition coefficient (Wildman–Crippen LogP) is 3.59. The Kier molecular flexibility index (Phi) is 5.86. The second-order valence-electron chi connectivity index (χ2n) is 6.41. The van der Waals surface area contributed by atoms with E-state index in [0.717, 1.165) is 12.1 Å². The molecule has 3 aromatic rings. The van der Waals surface area contributed by atoms with Crippen molar-refractivity contribution >= 4 is 12.0 Å². The molecule has 0 saturated heterocycles. The Morgan fingerprint density at radius 2 is 1.90 bits per heavy atom. The second kappa shape index (κ2) is 8.36. The van der Waals surface area contributed by atoms with E-state index in [4.69, 9.17) is 0 Å². The van der Waals surface area contributed by atoms with Crippen molar-refractivity contribution in [2.75, 3.05) is 5.43 Å². The highest BCUT2D eigenvalue weighted by Crippen LogP contribution is 2.28. The summed E-state index contributed by atoms with van der Waals surface area (Å²) in [6, 6.07) is 9.22. The van der Waals surface area contributed by atoms with Gasteiger partial charge in [0, 0.05) is 16.2 Å². The van der Waals surface area contributed by atoms with Crippen molar-refractivity contribution in [1.82, 2.24) is 9.78 Å². The van der Waals surface area contributed by atoms with E-state index in [0.29, 0.717) is 16.7 Å². The minimum Gasteiger partial charge on any atom is -0.406 e. The maximum Gasteiger partial charge on any atom is 0.573 e. The molecule has 1 heterocycles. The zero-order valence-electron chi connectivity index (χ0n) is 15.9. The minimum atomic E-state index is -4.79. The molecule has 0 aliphatic carbocycles. The molecule has 0 saturated carbocycles. The van der Waals surface area contributed by atoms with E-state index < -0.39 is 18.1 Å². The number of hydrogen-bond donors (Lipinski definition) is 1. The van der Waals surface area contributed by atoms with E-state index in [-0.39, 0.29) is 11.3 Å². The molecule has 3 rings (SSSR count). The van der Waals surface area contributed by atoms with E-state index in [9.17, 15) is 22.4 Å². The Bertz CT molecular complexity index is 1090. The summed E-state index contributed by atoms with van der Waals surface area (Å²) in [6.07, 6.45) is -0.296. The highest BCUT2D eigenvalue weighted by Gasteiger charge is 2.31. The monoisotopic (exact) mass is 421 g/mol. The fourth-order valence-electron chi connectivity index (χ4n) is 2.65. The molecule has 1 N–H and O–H groups in total. The molecule has 1 aromatic heterocycles. The van der Waals surface area contributed by atoms with Gasteiger partial charge in [-0.15, -0.1) is 22.5 Å². The molecular formula is C20H17F4N4O2+. The van der Waals surface area contributed by atoms with Crippen LogP contribution in [0.5, 0.6) is 5.75 Å². The standard InChI is InChI=1S/C20H16F4N4O2/c1-13(19(29)26-28-11-25-27(2)12-28)9-14-3-8-17(18(21)10-14)15-4-6-16(7-5-15)30-20(22,23)24/h3-12H,1-2H3/p+1/b13-9+. The van der Waals surface area contributed by atoms with Crippen LogP contribution in [-0.4, -0.2) is 22.1 Å². The molecule has 0 radical (unpaired) electrons. The molecule has 0 unspecified atom stereocenters. The second-order valence-corrected chi connectivity index (χ2v) is 6.41. The Morgan fingerprint density at radius 3 is 2.47 bits per heavy atom. The van der Waals surface area contributed by atoms with Gasteiger partial charge in [-0.25, -0.2) is 9.82 Å². The van der Waals surface area contributed by atoms with Crippen molar-refractivity contribution in [2.45, 2.75) is 13.3 Å². The first-order chi connectivity index (χ1) is 14.1. The lowest BCUT2D eigenvalue weighted by molar-refractivity contribution is -0.642. The van der Waals surface area contributed by atoms with Gasteiger partial charge in [-0.1, -0.05) is 24.3 Å². The Balaban J connectivity index is 1.74. The van der Waals surface area contributed by atoms with Crippen LogP contribution in [0.3, 0.4) is 0 Å². The third-order valence-electron chi connectivity index (χ3n) is 4.01. The molecule has 0 bridgehead atoms. The van der Waals surface area contributed by atoms with Crippen LogP contribution in [0.2, 0.25) is 0 Å².